The predicted octanol–water partition coefficient (Wildman–Crippen LogP) is 6.44. The summed E-state index contributed by atoms with van der Waals surface area (Å²) in [6.07, 6.45) is -1.42. The van der Waals surface area contributed by atoms with Crippen molar-refractivity contribution in [2.45, 2.75) is 85.8 Å². The molecule has 0 amide bonds. The lowest BCUT2D eigenvalue weighted by atomic mass is 9.44. The van der Waals surface area contributed by atoms with Crippen molar-refractivity contribution in [1.29, 1.82) is 0 Å². The van der Waals surface area contributed by atoms with Gasteiger partial charge in [-0.2, -0.15) is 0 Å². The summed E-state index contributed by atoms with van der Waals surface area (Å²) in [6.45, 7) is 4.43. The second kappa shape index (κ2) is 10.6. The summed E-state index contributed by atoms with van der Waals surface area (Å²) >= 11 is 7.73. The zero-order valence-corrected chi connectivity index (χ0v) is 26.7. The van der Waals surface area contributed by atoms with E-state index in [1.54, 1.807) is 18.7 Å². The molecule has 2 aromatic rings. The number of allylic oxidation sites excluding steroid dienone is 4. The Hall–Kier alpha value is -2.40. The first-order chi connectivity index (χ1) is 21.3. The van der Waals surface area contributed by atoms with Crippen LogP contribution in [-0.2, 0) is 19.1 Å². The minimum absolute atomic E-state index is 0.0381. The van der Waals surface area contributed by atoms with E-state index >= 15 is 8.78 Å². The Morgan fingerprint density at radius 3 is 2.51 bits per heavy atom. The molecule has 10 heteroatoms. The van der Waals surface area contributed by atoms with Gasteiger partial charge in [0.15, 0.2) is 29.1 Å². The van der Waals surface area contributed by atoms with E-state index in [2.05, 4.69) is 0 Å². The van der Waals surface area contributed by atoms with Crippen molar-refractivity contribution in [3.8, 4) is 0 Å². The van der Waals surface area contributed by atoms with Gasteiger partial charge in [-0.05, 0) is 92.6 Å². The molecule has 2 aromatic carbocycles. The smallest absolute Gasteiger partial charge is 0.193 e. The molecule has 4 aliphatic carbocycles. The number of benzene rings is 2. The molecule has 0 radical (unpaired) electrons. The van der Waals surface area contributed by atoms with Crippen molar-refractivity contribution in [3.05, 3.63) is 82.4 Å². The third-order valence-electron chi connectivity index (χ3n) is 11.4. The molecule has 0 unspecified atom stereocenters. The van der Waals surface area contributed by atoms with Gasteiger partial charge in [0.1, 0.15) is 12.8 Å². The van der Waals surface area contributed by atoms with Crippen molar-refractivity contribution in [2.24, 2.45) is 22.7 Å². The summed E-state index contributed by atoms with van der Waals surface area (Å²) in [5.41, 5.74) is -4.98. The number of aliphatic hydroxyl groups excluding tert-OH is 2. The molecule has 6 nitrogen and oxygen atoms in total. The van der Waals surface area contributed by atoms with Crippen LogP contribution in [0.4, 0.5) is 8.78 Å². The maximum atomic E-state index is 17.6. The van der Waals surface area contributed by atoms with Gasteiger partial charge in [-0.1, -0.05) is 48.5 Å². The van der Waals surface area contributed by atoms with Crippen LogP contribution in [0, 0.1) is 29.6 Å². The largest absolute Gasteiger partial charge is 0.390 e. The molecule has 0 aromatic heterocycles. The minimum Gasteiger partial charge on any atom is -0.390 e. The molecule has 1 saturated heterocycles. The number of alkyl halides is 2. The third-order valence-corrected chi connectivity index (χ3v) is 12.9. The second-order valence-corrected chi connectivity index (χ2v) is 15.1. The first-order valence-electron chi connectivity index (χ1n) is 15.3. The van der Waals surface area contributed by atoms with Gasteiger partial charge >= 0.3 is 0 Å². The Labute approximate surface area is 269 Å². The number of aryl methyl sites for hydroxylation is 1. The van der Waals surface area contributed by atoms with Crippen LogP contribution in [0.3, 0.4) is 0 Å². The fraction of sp³-hybridized carbons (Fsp3) is 0.486. The summed E-state index contributed by atoms with van der Waals surface area (Å²) in [4.78, 5) is 27.9. The summed E-state index contributed by atoms with van der Waals surface area (Å²) in [6, 6.07) is 13.4. The van der Waals surface area contributed by atoms with Crippen LogP contribution in [0.5, 0.6) is 0 Å². The Balaban J connectivity index is 1.20. The predicted molar refractivity (Wildman–Crippen MR) is 164 cm³/mol. The average Bonchev–Trinajstić information content (AvgIpc) is 3.51. The Morgan fingerprint density at radius 2 is 1.82 bits per heavy atom. The number of carbonyl (C=O) groups is 2. The van der Waals surface area contributed by atoms with Crippen LogP contribution in [0.1, 0.15) is 50.5 Å². The van der Waals surface area contributed by atoms with Gasteiger partial charge in [0.25, 0.3) is 0 Å². The molecule has 0 bridgehead atoms. The highest BCUT2D eigenvalue weighted by Crippen LogP contribution is 2.72. The molecular formula is C35H35ClF2O6S. The summed E-state index contributed by atoms with van der Waals surface area (Å²) in [7, 11) is 0. The quantitative estimate of drug-likeness (QED) is 0.383. The van der Waals surface area contributed by atoms with E-state index in [0.29, 0.717) is 10.6 Å². The highest BCUT2D eigenvalue weighted by atomic mass is 35.5. The number of ketones is 2. The van der Waals surface area contributed by atoms with Crippen LogP contribution in [-0.4, -0.2) is 58.0 Å². The molecule has 4 fully saturated rings. The third kappa shape index (κ3) is 4.20. The van der Waals surface area contributed by atoms with Crippen LogP contribution in [0.2, 0.25) is 5.02 Å². The molecule has 0 spiro atoms. The van der Waals surface area contributed by atoms with Gasteiger partial charge in [-0.15, -0.1) is 0 Å². The molecule has 3 saturated carbocycles. The van der Waals surface area contributed by atoms with Gasteiger partial charge in [0, 0.05) is 37.1 Å². The highest BCUT2D eigenvalue weighted by molar-refractivity contribution is 7.99. The topological polar surface area (TPSA) is 93.1 Å². The lowest BCUT2D eigenvalue weighted by Gasteiger charge is -2.63. The molecule has 45 heavy (non-hydrogen) atoms. The molecule has 1 heterocycles. The standard InChI is InChI=1S/C35H35ClF2O6S/c1-18-12-22(8-9-26(18)36)45-21-6-4-19(5-7-21)31-43-30-15-23-24-14-27(37)25-13-20(40)10-11-32(25,2)34(24,38)28(41)16-33(23,3)35(30,44-31)29(42)17-39/h4-13,23-24,27-28,30-31,39,41H,14-17H2,1-3H3/t23-,24-,27-,28-,30+,31+,32-,33-,34-,35+/m0/s1. The van der Waals surface area contributed by atoms with Crippen molar-refractivity contribution in [3.63, 3.8) is 0 Å². The SMILES string of the molecule is Cc1cc(Sc2ccc([C@@H]3O[C@@H]4C[C@H]5[C@@H]6C[C@H](F)C7=CC(=O)C=C[C@]7(C)[C@@]6(F)[C@@H](O)C[C@]5(C)[C@]4(C(=O)CO)O3)cc2)ccc1Cl. The van der Waals surface area contributed by atoms with Crippen LogP contribution >= 0.6 is 23.4 Å². The fourth-order valence-corrected chi connectivity index (χ4v) is 10.3. The number of carbonyl (C=O) groups excluding carboxylic acids is 2. The van der Waals surface area contributed by atoms with E-state index in [-0.39, 0.29) is 24.8 Å². The number of hydrogen-bond donors (Lipinski definition) is 2. The molecule has 238 valence electrons. The molecule has 2 N–H and O–H groups in total. The van der Waals surface area contributed by atoms with Crippen molar-refractivity contribution in [1.82, 2.24) is 0 Å². The van der Waals surface area contributed by atoms with Crippen molar-refractivity contribution >= 4 is 34.9 Å². The Bertz CT molecular complexity index is 1650. The van der Waals surface area contributed by atoms with Crippen LogP contribution < -0.4 is 0 Å². The van der Waals surface area contributed by atoms with E-state index < -0.39 is 76.8 Å². The molecule has 7 rings (SSSR count). The minimum atomic E-state index is -2.29. The fourth-order valence-electron chi connectivity index (χ4n) is 9.22. The molecule has 1 aliphatic heterocycles. The van der Waals surface area contributed by atoms with E-state index in [1.165, 1.54) is 19.1 Å². The van der Waals surface area contributed by atoms with Gasteiger partial charge in [-0.3, -0.25) is 9.59 Å². The first kappa shape index (κ1) is 31.2. The van der Waals surface area contributed by atoms with E-state index in [9.17, 15) is 19.8 Å². The van der Waals surface area contributed by atoms with Crippen LogP contribution in [0.15, 0.2) is 76.1 Å². The van der Waals surface area contributed by atoms with Gasteiger partial charge in [-0.25, -0.2) is 8.78 Å². The zero-order chi connectivity index (χ0) is 32.1. The average molecular weight is 657 g/mol. The van der Waals surface area contributed by atoms with Crippen molar-refractivity contribution in [2.75, 3.05) is 6.61 Å². The van der Waals surface area contributed by atoms with Crippen LogP contribution in [0.25, 0.3) is 0 Å². The Morgan fingerprint density at radius 1 is 1.11 bits per heavy atom. The zero-order valence-electron chi connectivity index (χ0n) is 25.1. The van der Waals surface area contributed by atoms with Gasteiger partial charge < -0.3 is 19.7 Å². The number of halogens is 3. The summed E-state index contributed by atoms with van der Waals surface area (Å²) < 4.78 is 46.3. The molecular weight excluding hydrogens is 622 g/mol. The number of rotatable bonds is 5. The Kier molecular flexibility index (Phi) is 7.32. The van der Waals surface area contributed by atoms with Gasteiger partial charge in [0.05, 0.1) is 12.2 Å². The second-order valence-electron chi connectivity index (χ2n) is 13.6. The lowest BCUT2D eigenvalue weighted by Crippen LogP contribution is -2.70. The number of aliphatic hydroxyl groups is 2. The van der Waals surface area contributed by atoms with E-state index in [4.69, 9.17) is 21.1 Å². The maximum absolute atomic E-state index is 17.6. The number of Topliss-reactive ketones (excluding diaryl/α,β-unsaturated/α-hetero) is 1. The number of hydrogen-bond acceptors (Lipinski definition) is 7. The van der Waals surface area contributed by atoms with E-state index in [0.717, 1.165) is 21.4 Å². The molecule has 10 atom stereocenters. The normalized spacial score (nSPS) is 41.6. The first-order valence-corrected chi connectivity index (χ1v) is 16.5. The summed E-state index contributed by atoms with van der Waals surface area (Å²) in [5.74, 6) is -2.61. The van der Waals surface area contributed by atoms with Gasteiger partial charge in [0.2, 0.25) is 0 Å². The summed E-state index contributed by atoms with van der Waals surface area (Å²) in [5, 5.41) is 22.5. The van der Waals surface area contributed by atoms with E-state index in [1.807, 2.05) is 49.4 Å². The van der Waals surface area contributed by atoms with Crippen molar-refractivity contribution < 1.29 is 38.1 Å². The maximum Gasteiger partial charge on any atom is 0.193 e. The monoisotopic (exact) mass is 656 g/mol. The lowest BCUT2D eigenvalue weighted by molar-refractivity contribution is -0.235. The molecule has 5 aliphatic rings. The number of ether oxygens (including phenoxy) is 2. The highest BCUT2D eigenvalue weighted by Gasteiger charge is 2.80. The number of fused-ring (bicyclic) bond motifs is 7.